The molecule has 0 aromatic carbocycles. The maximum atomic E-state index is 12.7. The van der Waals surface area contributed by atoms with Gasteiger partial charge < -0.3 is 25.6 Å². The van der Waals surface area contributed by atoms with Gasteiger partial charge in [0, 0.05) is 17.5 Å². The SMILES string of the molecule is C[C@@]12CC[C@@H](NC(=O)[C@H]3CCCN3)C[C@H]1CC[C@@H]1[C@H]2C[C@@H](O)[C@@]2(C)[C@@H](C3=CC(=O)OC3)CC[C@@]12O. The molecule has 4 N–H and O–H groups in total. The number of esters is 1. The van der Waals surface area contributed by atoms with E-state index in [0.717, 1.165) is 63.5 Å². The average Bonchev–Trinajstić information content (AvgIpc) is 3.56. The normalized spacial score (nSPS) is 51.1. The summed E-state index contributed by atoms with van der Waals surface area (Å²) in [4.78, 5) is 24.5. The highest BCUT2D eigenvalue weighted by atomic mass is 16.5. The van der Waals surface area contributed by atoms with E-state index < -0.39 is 17.1 Å². The number of rotatable bonds is 3. The Bertz CT molecular complexity index is 930. The Kier molecular flexibility index (Phi) is 5.67. The third kappa shape index (κ3) is 3.40. The molecule has 0 radical (unpaired) electrons. The zero-order valence-corrected chi connectivity index (χ0v) is 21.2. The van der Waals surface area contributed by atoms with Crippen LogP contribution in [0.3, 0.4) is 0 Å². The molecule has 0 bridgehead atoms. The fraction of sp³-hybridized carbons (Fsp3) is 0.857. The zero-order chi connectivity index (χ0) is 24.6. The van der Waals surface area contributed by atoms with Gasteiger partial charge in [0.15, 0.2) is 0 Å². The number of amides is 1. The number of cyclic esters (lactones) is 1. The second kappa shape index (κ2) is 8.29. The van der Waals surface area contributed by atoms with Crippen LogP contribution in [-0.4, -0.2) is 59.0 Å². The van der Waals surface area contributed by atoms with Crippen LogP contribution in [0.2, 0.25) is 0 Å². The van der Waals surface area contributed by atoms with E-state index in [4.69, 9.17) is 4.74 Å². The average molecular weight is 487 g/mol. The van der Waals surface area contributed by atoms with Crippen molar-refractivity contribution in [2.45, 2.75) is 102 Å². The summed E-state index contributed by atoms with van der Waals surface area (Å²) >= 11 is 0. The van der Waals surface area contributed by atoms with Gasteiger partial charge in [0.1, 0.15) is 6.61 Å². The van der Waals surface area contributed by atoms with Crippen LogP contribution in [0.4, 0.5) is 0 Å². The number of carbonyl (C=O) groups is 2. The minimum atomic E-state index is -0.931. The Morgan fingerprint density at radius 1 is 1.11 bits per heavy atom. The molecule has 1 amide bonds. The number of hydrogen-bond acceptors (Lipinski definition) is 6. The van der Waals surface area contributed by atoms with Crippen LogP contribution in [0.15, 0.2) is 11.6 Å². The maximum absolute atomic E-state index is 12.7. The van der Waals surface area contributed by atoms with Crippen LogP contribution in [0.1, 0.15) is 78.1 Å². The van der Waals surface area contributed by atoms with Crippen molar-refractivity contribution < 1.29 is 24.5 Å². The first kappa shape index (κ1) is 23.9. The molecule has 4 aliphatic carbocycles. The Balaban J connectivity index is 1.21. The number of fused-ring (bicyclic) bond motifs is 5. The summed E-state index contributed by atoms with van der Waals surface area (Å²) < 4.78 is 5.21. The van der Waals surface area contributed by atoms with Crippen molar-refractivity contribution in [1.82, 2.24) is 10.6 Å². The third-order valence-corrected chi connectivity index (χ3v) is 11.8. The van der Waals surface area contributed by atoms with Gasteiger partial charge in [-0.15, -0.1) is 0 Å². The van der Waals surface area contributed by atoms with E-state index in [1.54, 1.807) is 6.08 Å². The molecule has 2 heterocycles. The Morgan fingerprint density at radius 3 is 2.66 bits per heavy atom. The second-order valence-corrected chi connectivity index (χ2v) is 13.0. The van der Waals surface area contributed by atoms with Crippen molar-refractivity contribution >= 4 is 11.9 Å². The molecule has 7 nitrogen and oxygen atoms in total. The third-order valence-electron chi connectivity index (χ3n) is 11.8. The Morgan fingerprint density at radius 2 is 1.94 bits per heavy atom. The van der Waals surface area contributed by atoms with Crippen molar-refractivity contribution in [3.63, 3.8) is 0 Å². The minimum absolute atomic E-state index is 0.0180. The predicted molar refractivity (Wildman–Crippen MR) is 130 cm³/mol. The van der Waals surface area contributed by atoms with Crippen LogP contribution in [-0.2, 0) is 14.3 Å². The number of hydrogen-bond donors (Lipinski definition) is 4. The highest BCUT2D eigenvalue weighted by Gasteiger charge is 2.70. The molecule has 0 aromatic heterocycles. The summed E-state index contributed by atoms with van der Waals surface area (Å²) in [7, 11) is 0. The lowest BCUT2D eigenvalue weighted by atomic mass is 9.42. The monoisotopic (exact) mass is 486 g/mol. The van der Waals surface area contributed by atoms with Crippen LogP contribution >= 0.6 is 0 Å². The van der Waals surface area contributed by atoms with Gasteiger partial charge in [0.2, 0.25) is 5.91 Å². The number of ether oxygens (including phenoxy) is 1. The topological polar surface area (TPSA) is 108 Å². The maximum Gasteiger partial charge on any atom is 0.331 e. The Hall–Kier alpha value is -1.44. The lowest BCUT2D eigenvalue weighted by Gasteiger charge is -2.65. The molecule has 0 spiro atoms. The van der Waals surface area contributed by atoms with Crippen LogP contribution in [0.5, 0.6) is 0 Å². The highest BCUT2D eigenvalue weighted by Crippen LogP contribution is 2.69. The van der Waals surface area contributed by atoms with Crippen molar-refractivity contribution in [3.8, 4) is 0 Å². The molecule has 6 rings (SSSR count). The standard InChI is InChI=1S/C28H42N2O5/c1-26-9-7-18(30-25(33)22-4-3-11-29-22)13-17(26)5-6-20-21(26)14-23(31)27(2)19(8-10-28(20,27)34)16-12-24(32)35-15-16/h12,17-23,29,31,34H,3-11,13-15H2,1-2H3,(H,30,33)/t17-,18-,19-,20-,21-,22-,23-,26-,27-,28-/m1/s1. The summed E-state index contributed by atoms with van der Waals surface area (Å²) in [5, 5.41) is 30.7. The molecule has 2 aliphatic heterocycles. The molecule has 4 saturated carbocycles. The van der Waals surface area contributed by atoms with Crippen LogP contribution in [0.25, 0.3) is 0 Å². The summed E-state index contributed by atoms with van der Waals surface area (Å²) in [6.07, 6.45) is 10.2. The van der Waals surface area contributed by atoms with Gasteiger partial charge in [-0.1, -0.05) is 13.8 Å². The number of nitrogens with one attached hydrogen (secondary N) is 2. The van der Waals surface area contributed by atoms with Gasteiger partial charge >= 0.3 is 5.97 Å². The van der Waals surface area contributed by atoms with Gasteiger partial charge in [0.05, 0.1) is 17.7 Å². The molecule has 194 valence electrons. The fourth-order valence-corrected chi connectivity index (χ4v) is 9.73. The van der Waals surface area contributed by atoms with E-state index in [0.29, 0.717) is 25.4 Å². The first-order chi connectivity index (χ1) is 16.7. The molecule has 35 heavy (non-hydrogen) atoms. The first-order valence-corrected chi connectivity index (χ1v) is 14.0. The summed E-state index contributed by atoms with van der Waals surface area (Å²) in [6.45, 7) is 5.67. The van der Waals surface area contributed by atoms with Gasteiger partial charge in [-0.2, -0.15) is 0 Å². The van der Waals surface area contributed by atoms with Gasteiger partial charge in [-0.25, -0.2) is 4.79 Å². The fourth-order valence-electron chi connectivity index (χ4n) is 9.73. The van der Waals surface area contributed by atoms with Crippen molar-refractivity contribution in [1.29, 1.82) is 0 Å². The van der Waals surface area contributed by atoms with E-state index in [2.05, 4.69) is 24.5 Å². The number of carbonyl (C=O) groups excluding carboxylic acids is 2. The lowest BCUT2D eigenvalue weighted by molar-refractivity contribution is -0.243. The smallest absolute Gasteiger partial charge is 0.331 e. The molecule has 1 saturated heterocycles. The second-order valence-electron chi connectivity index (χ2n) is 13.0. The molecular weight excluding hydrogens is 444 g/mol. The molecule has 0 unspecified atom stereocenters. The van der Waals surface area contributed by atoms with E-state index in [1.807, 2.05) is 0 Å². The summed E-state index contributed by atoms with van der Waals surface area (Å²) in [6, 6.07) is 0.189. The summed E-state index contributed by atoms with van der Waals surface area (Å²) in [5.41, 5.74) is -0.577. The lowest BCUT2D eigenvalue weighted by Crippen LogP contribution is -2.67. The summed E-state index contributed by atoms with van der Waals surface area (Å²) in [5.74, 6) is 0.772. The van der Waals surface area contributed by atoms with E-state index in [1.165, 1.54) is 0 Å². The first-order valence-electron chi connectivity index (χ1n) is 14.0. The molecular formula is C28H42N2O5. The van der Waals surface area contributed by atoms with Crippen LogP contribution in [0, 0.1) is 34.5 Å². The largest absolute Gasteiger partial charge is 0.458 e. The number of aliphatic hydroxyl groups excluding tert-OH is 1. The quantitative estimate of drug-likeness (QED) is 0.457. The van der Waals surface area contributed by atoms with E-state index in [-0.39, 0.29) is 47.1 Å². The molecule has 6 aliphatic rings. The van der Waals surface area contributed by atoms with E-state index in [9.17, 15) is 19.8 Å². The molecule has 7 heteroatoms. The molecule has 0 aromatic rings. The Labute approximate surface area is 208 Å². The molecule has 5 fully saturated rings. The van der Waals surface area contributed by atoms with Gasteiger partial charge in [0.25, 0.3) is 0 Å². The minimum Gasteiger partial charge on any atom is -0.458 e. The van der Waals surface area contributed by atoms with Crippen molar-refractivity contribution in [2.24, 2.45) is 34.5 Å². The van der Waals surface area contributed by atoms with Crippen molar-refractivity contribution in [3.05, 3.63) is 11.6 Å². The van der Waals surface area contributed by atoms with Crippen molar-refractivity contribution in [2.75, 3.05) is 13.2 Å². The highest BCUT2D eigenvalue weighted by molar-refractivity contribution is 5.85. The van der Waals surface area contributed by atoms with Crippen LogP contribution < -0.4 is 10.6 Å². The van der Waals surface area contributed by atoms with Gasteiger partial charge in [-0.3, -0.25) is 4.79 Å². The van der Waals surface area contributed by atoms with Gasteiger partial charge in [-0.05, 0) is 105 Å². The predicted octanol–water partition coefficient (Wildman–Crippen LogP) is 2.45. The molecule has 10 atom stereocenters. The zero-order valence-electron chi connectivity index (χ0n) is 21.2. The number of aliphatic hydroxyl groups is 2. The van der Waals surface area contributed by atoms with E-state index >= 15 is 0 Å².